The fourth-order valence-corrected chi connectivity index (χ4v) is 1.71. The second-order valence-corrected chi connectivity index (χ2v) is 6.06. The van der Waals surface area contributed by atoms with Crippen LogP contribution in [0.4, 0.5) is 0 Å². The summed E-state index contributed by atoms with van der Waals surface area (Å²) in [6, 6.07) is 8.18. The number of hydrogen-bond acceptors (Lipinski definition) is 3. The van der Waals surface area contributed by atoms with Gasteiger partial charge in [0.05, 0.1) is 13.2 Å². The van der Waals surface area contributed by atoms with Crippen LogP contribution in [0.3, 0.4) is 0 Å². The third-order valence-corrected chi connectivity index (χ3v) is 3.76. The third kappa shape index (κ3) is 4.62. The largest absolute Gasteiger partial charge is 0.394 e. The molecule has 0 aliphatic heterocycles. The molecule has 1 aromatic carbocycles. The van der Waals surface area contributed by atoms with Crippen molar-refractivity contribution in [1.82, 2.24) is 9.80 Å². The Hall–Kier alpha value is -1.39. The Morgan fingerprint density at radius 1 is 1.20 bits per heavy atom. The fraction of sp³-hybridized carbons (Fsp3) is 0.562. The maximum Gasteiger partial charge on any atom is 0.236 e. The molecule has 0 radical (unpaired) electrons. The summed E-state index contributed by atoms with van der Waals surface area (Å²) >= 11 is 0. The van der Waals surface area contributed by atoms with Crippen LogP contribution in [-0.4, -0.2) is 53.6 Å². The maximum atomic E-state index is 12.2. The number of amides is 1. The third-order valence-electron chi connectivity index (χ3n) is 3.76. The van der Waals surface area contributed by atoms with Gasteiger partial charge in [-0.1, -0.05) is 29.8 Å². The lowest BCUT2D eigenvalue weighted by atomic mass is 10.1. The number of carbonyl (C=O) groups is 1. The van der Waals surface area contributed by atoms with Crippen molar-refractivity contribution in [3.05, 3.63) is 35.4 Å². The van der Waals surface area contributed by atoms with Crippen LogP contribution in [0.2, 0.25) is 0 Å². The molecule has 0 bridgehead atoms. The van der Waals surface area contributed by atoms with Crippen molar-refractivity contribution < 1.29 is 9.90 Å². The molecule has 4 heteroatoms. The molecule has 0 spiro atoms. The number of carbonyl (C=O) groups excluding carboxylic acids is 1. The van der Waals surface area contributed by atoms with Crippen LogP contribution in [0, 0.1) is 6.92 Å². The summed E-state index contributed by atoms with van der Waals surface area (Å²) in [6.45, 7) is 6.81. The van der Waals surface area contributed by atoms with Crippen molar-refractivity contribution >= 4 is 5.91 Å². The number of benzene rings is 1. The number of aliphatic hydroxyl groups is 1. The summed E-state index contributed by atoms with van der Waals surface area (Å²) < 4.78 is 0. The topological polar surface area (TPSA) is 43.8 Å². The van der Waals surface area contributed by atoms with Gasteiger partial charge in [0, 0.05) is 19.1 Å². The summed E-state index contributed by atoms with van der Waals surface area (Å²) in [5, 5.41) is 9.31. The van der Waals surface area contributed by atoms with Crippen LogP contribution >= 0.6 is 0 Å². The van der Waals surface area contributed by atoms with Gasteiger partial charge in [0.2, 0.25) is 5.91 Å². The van der Waals surface area contributed by atoms with Gasteiger partial charge >= 0.3 is 0 Å². The first-order valence-corrected chi connectivity index (χ1v) is 6.88. The predicted octanol–water partition coefficient (Wildman–Crippen LogP) is 1.66. The van der Waals surface area contributed by atoms with Gasteiger partial charge in [-0.25, -0.2) is 0 Å². The molecule has 0 aliphatic carbocycles. The number of hydrogen-bond donors (Lipinski definition) is 1. The standard InChI is InChI=1S/C16H26N2O2/c1-13-6-8-14(9-7-13)10-17(4)15(20)11-18(5)16(2,3)12-19/h6-9,19H,10-12H2,1-5H3. The summed E-state index contributed by atoms with van der Waals surface area (Å²) in [7, 11) is 3.66. The zero-order valence-corrected chi connectivity index (χ0v) is 13.2. The van der Waals surface area contributed by atoms with E-state index in [-0.39, 0.29) is 18.1 Å². The molecule has 112 valence electrons. The first-order valence-electron chi connectivity index (χ1n) is 6.88. The average molecular weight is 278 g/mol. The minimum absolute atomic E-state index is 0.0262. The highest BCUT2D eigenvalue weighted by molar-refractivity contribution is 5.78. The molecule has 0 fully saturated rings. The van der Waals surface area contributed by atoms with Crippen LogP contribution in [0.25, 0.3) is 0 Å². The Labute approximate surface area is 122 Å². The van der Waals surface area contributed by atoms with Crippen LogP contribution in [0.5, 0.6) is 0 Å². The Morgan fingerprint density at radius 2 is 1.75 bits per heavy atom. The Balaban J connectivity index is 2.57. The second-order valence-electron chi connectivity index (χ2n) is 6.06. The van der Waals surface area contributed by atoms with Gasteiger partial charge in [0.25, 0.3) is 0 Å². The van der Waals surface area contributed by atoms with E-state index >= 15 is 0 Å². The predicted molar refractivity (Wildman–Crippen MR) is 81.4 cm³/mol. The van der Waals surface area contributed by atoms with E-state index < -0.39 is 0 Å². The van der Waals surface area contributed by atoms with Gasteiger partial charge in [0.15, 0.2) is 0 Å². The van der Waals surface area contributed by atoms with Gasteiger partial charge in [-0.3, -0.25) is 9.69 Å². The molecule has 20 heavy (non-hydrogen) atoms. The van der Waals surface area contributed by atoms with Crippen LogP contribution < -0.4 is 0 Å². The van der Waals surface area contributed by atoms with Crippen molar-refractivity contribution in [2.75, 3.05) is 27.2 Å². The van der Waals surface area contributed by atoms with Gasteiger partial charge in [-0.15, -0.1) is 0 Å². The monoisotopic (exact) mass is 278 g/mol. The quantitative estimate of drug-likeness (QED) is 0.860. The summed E-state index contributed by atoms with van der Waals surface area (Å²) in [5.41, 5.74) is 1.95. The molecule has 0 aliphatic rings. The SMILES string of the molecule is Cc1ccc(CN(C)C(=O)CN(C)C(C)(C)CO)cc1. The molecule has 0 unspecified atom stereocenters. The molecule has 0 heterocycles. The lowest BCUT2D eigenvalue weighted by molar-refractivity contribution is -0.132. The molecule has 1 N–H and O–H groups in total. The van der Waals surface area contributed by atoms with Gasteiger partial charge in [-0.05, 0) is 33.4 Å². The zero-order valence-electron chi connectivity index (χ0n) is 13.2. The lowest BCUT2D eigenvalue weighted by Crippen LogP contribution is -2.48. The maximum absolute atomic E-state index is 12.2. The van der Waals surface area contributed by atoms with E-state index in [9.17, 15) is 9.90 Å². The van der Waals surface area contributed by atoms with E-state index in [1.165, 1.54) is 5.56 Å². The summed E-state index contributed by atoms with van der Waals surface area (Å²) in [6.07, 6.45) is 0. The second kappa shape index (κ2) is 6.86. The Bertz CT molecular complexity index is 440. The molecule has 1 amide bonds. The first-order chi connectivity index (χ1) is 9.26. The van der Waals surface area contributed by atoms with E-state index in [2.05, 4.69) is 12.1 Å². The van der Waals surface area contributed by atoms with Gasteiger partial charge in [-0.2, -0.15) is 0 Å². The van der Waals surface area contributed by atoms with Crippen LogP contribution in [0.15, 0.2) is 24.3 Å². The number of rotatable bonds is 6. The van der Waals surface area contributed by atoms with Crippen molar-refractivity contribution in [3.63, 3.8) is 0 Å². The van der Waals surface area contributed by atoms with E-state index in [4.69, 9.17) is 0 Å². The molecule has 0 aromatic heterocycles. The van der Waals surface area contributed by atoms with Crippen LogP contribution in [0.1, 0.15) is 25.0 Å². The van der Waals surface area contributed by atoms with E-state index in [1.54, 1.807) is 4.90 Å². The highest BCUT2D eigenvalue weighted by atomic mass is 16.3. The van der Waals surface area contributed by atoms with Crippen LogP contribution in [-0.2, 0) is 11.3 Å². The van der Waals surface area contributed by atoms with Gasteiger partial charge in [0.1, 0.15) is 0 Å². The number of aliphatic hydroxyl groups excluding tert-OH is 1. The summed E-state index contributed by atoms with van der Waals surface area (Å²) in [4.78, 5) is 15.8. The van der Waals surface area contributed by atoms with Crippen molar-refractivity contribution in [2.45, 2.75) is 32.9 Å². The van der Waals surface area contributed by atoms with Crippen molar-refractivity contribution in [2.24, 2.45) is 0 Å². The minimum atomic E-state index is -0.389. The normalized spacial score (nSPS) is 11.8. The lowest BCUT2D eigenvalue weighted by Gasteiger charge is -2.34. The van der Waals surface area contributed by atoms with E-state index in [0.717, 1.165) is 5.56 Å². The highest BCUT2D eigenvalue weighted by Gasteiger charge is 2.25. The van der Waals surface area contributed by atoms with Crippen molar-refractivity contribution in [1.29, 1.82) is 0 Å². The Morgan fingerprint density at radius 3 is 2.25 bits per heavy atom. The molecule has 1 rings (SSSR count). The zero-order chi connectivity index (χ0) is 15.3. The molecule has 0 saturated heterocycles. The molecule has 0 atom stereocenters. The number of likely N-dealkylation sites (N-methyl/N-ethyl adjacent to an activating group) is 2. The molecular weight excluding hydrogens is 252 g/mol. The molecule has 1 aromatic rings. The van der Waals surface area contributed by atoms with Gasteiger partial charge < -0.3 is 10.0 Å². The number of nitrogens with zero attached hydrogens (tertiary/aromatic N) is 2. The molecule has 4 nitrogen and oxygen atoms in total. The fourth-order valence-electron chi connectivity index (χ4n) is 1.71. The van der Waals surface area contributed by atoms with Crippen molar-refractivity contribution in [3.8, 4) is 0 Å². The van der Waals surface area contributed by atoms with E-state index in [1.807, 2.05) is 51.9 Å². The highest BCUT2D eigenvalue weighted by Crippen LogP contribution is 2.12. The minimum Gasteiger partial charge on any atom is -0.394 e. The number of aryl methyl sites for hydroxylation is 1. The van der Waals surface area contributed by atoms with E-state index in [0.29, 0.717) is 13.1 Å². The average Bonchev–Trinajstić information content (AvgIpc) is 2.41. The first kappa shape index (κ1) is 16.7. The molecular formula is C16H26N2O2. The summed E-state index contributed by atoms with van der Waals surface area (Å²) in [5.74, 6) is 0.0506. The smallest absolute Gasteiger partial charge is 0.236 e. The molecule has 0 saturated carbocycles. The Kier molecular flexibility index (Phi) is 5.72.